The molecule has 0 aromatic carbocycles. The van der Waals surface area contributed by atoms with E-state index in [-0.39, 0.29) is 36.2 Å². The van der Waals surface area contributed by atoms with E-state index >= 15 is 0 Å². The van der Waals surface area contributed by atoms with Crippen LogP contribution in [0.3, 0.4) is 0 Å². The zero-order chi connectivity index (χ0) is 22.0. The maximum absolute atomic E-state index is 13.0. The van der Waals surface area contributed by atoms with Crippen molar-refractivity contribution in [3.8, 4) is 0 Å². The number of carbonyl (C=O) groups is 4. The maximum Gasteiger partial charge on any atom is 0.249 e. The second-order valence-corrected chi connectivity index (χ2v) is 7.89. The summed E-state index contributed by atoms with van der Waals surface area (Å²) >= 11 is 0. The molecular formula is C21H36N4O4. The highest BCUT2D eigenvalue weighted by Crippen LogP contribution is 2.21. The molecule has 8 heteroatoms. The molecule has 29 heavy (non-hydrogen) atoms. The first kappa shape index (κ1) is 24.7. The monoisotopic (exact) mass is 408 g/mol. The van der Waals surface area contributed by atoms with Gasteiger partial charge in [0.05, 0.1) is 12.6 Å². The molecule has 0 radical (unpaired) electrons. The molecule has 0 aromatic heterocycles. The first-order chi connectivity index (χ1) is 13.7. The van der Waals surface area contributed by atoms with Crippen molar-refractivity contribution in [2.24, 2.45) is 5.92 Å². The highest BCUT2D eigenvalue weighted by molar-refractivity contribution is 5.97. The van der Waals surface area contributed by atoms with Crippen LogP contribution in [0.2, 0.25) is 0 Å². The van der Waals surface area contributed by atoms with E-state index < -0.39 is 6.04 Å². The van der Waals surface area contributed by atoms with Crippen molar-refractivity contribution in [2.45, 2.75) is 65.5 Å². The van der Waals surface area contributed by atoms with E-state index in [2.05, 4.69) is 17.6 Å². The SMILES string of the molecule is CCCCNC(=O)[C@@H]1CCCN1C(=O)/C(C)=C/[C@H](C(C)C)N(C)C(=O)CNC=O. The molecule has 1 aliphatic rings. The number of hydrogen-bond donors (Lipinski definition) is 2. The summed E-state index contributed by atoms with van der Waals surface area (Å²) < 4.78 is 0. The van der Waals surface area contributed by atoms with Gasteiger partial charge >= 0.3 is 0 Å². The zero-order valence-corrected chi connectivity index (χ0v) is 18.4. The lowest BCUT2D eigenvalue weighted by atomic mass is 9.99. The van der Waals surface area contributed by atoms with Crippen LogP contribution in [0.1, 0.15) is 53.4 Å². The van der Waals surface area contributed by atoms with Crippen molar-refractivity contribution in [3.05, 3.63) is 11.6 Å². The number of amides is 4. The minimum atomic E-state index is -0.434. The van der Waals surface area contributed by atoms with E-state index in [9.17, 15) is 19.2 Å². The van der Waals surface area contributed by atoms with Gasteiger partial charge in [-0.05, 0) is 32.1 Å². The predicted molar refractivity (Wildman–Crippen MR) is 112 cm³/mol. The smallest absolute Gasteiger partial charge is 0.249 e. The summed E-state index contributed by atoms with van der Waals surface area (Å²) in [4.78, 5) is 51.4. The quantitative estimate of drug-likeness (QED) is 0.303. The van der Waals surface area contributed by atoms with Crippen molar-refractivity contribution >= 4 is 24.1 Å². The maximum atomic E-state index is 13.0. The second-order valence-electron chi connectivity index (χ2n) is 7.89. The number of carbonyl (C=O) groups excluding carboxylic acids is 4. The van der Waals surface area contributed by atoms with Crippen molar-refractivity contribution in [1.29, 1.82) is 0 Å². The molecule has 0 saturated carbocycles. The van der Waals surface area contributed by atoms with E-state index in [0.29, 0.717) is 31.5 Å². The number of hydrogen-bond acceptors (Lipinski definition) is 4. The fourth-order valence-corrected chi connectivity index (χ4v) is 3.51. The van der Waals surface area contributed by atoms with Gasteiger partial charge < -0.3 is 20.4 Å². The molecule has 0 spiro atoms. The topological polar surface area (TPSA) is 98.8 Å². The van der Waals surface area contributed by atoms with Crippen molar-refractivity contribution in [3.63, 3.8) is 0 Å². The first-order valence-corrected chi connectivity index (χ1v) is 10.4. The van der Waals surface area contributed by atoms with Crippen LogP contribution in [0, 0.1) is 5.92 Å². The fraction of sp³-hybridized carbons (Fsp3) is 0.714. The molecule has 1 saturated heterocycles. The Kier molecular flexibility index (Phi) is 10.4. The van der Waals surface area contributed by atoms with Crippen LogP contribution < -0.4 is 10.6 Å². The zero-order valence-electron chi connectivity index (χ0n) is 18.4. The van der Waals surface area contributed by atoms with E-state index in [1.165, 1.54) is 4.90 Å². The molecule has 1 rings (SSSR count). The normalized spacial score (nSPS) is 17.8. The van der Waals surface area contributed by atoms with Gasteiger partial charge in [-0.25, -0.2) is 0 Å². The Bertz CT molecular complexity index is 618. The first-order valence-electron chi connectivity index (χ1n) is 10.4. The second kappa shape index (κ2) is 12.2. The predicted octanol–water partition coefficient (Wildman–Crippen LogP) is 1.07. The highest BCUT2D eigenvalue weighted by Gasteiger charge is 2.34. The Balaban J connectivity index is 2.88. The molecule has 0 unspecified atom stereocenters. The lowest BCUT2D eigenvalue weighted by Gasteiger charge is -2.30. The summed E-state index contributed by atoms with van der Waals surface area (Å²) in [6.07, 6.45) is 5.66. The molecule has 1 heterocycles. The third-order valence-electron chi connectivity index (χ3n) is 5.26. The standard InChI is InChI=1S/C21H36N4O4/c1-6-7-10-23-20(28)17-9-8-11-25(17)21(29)16(4)12-18(15(2)3)24(5)19(27)13-22-14-26/h12,14-15,17-18H,6-11,13H2,1-5H3,(H,22,26)(H,23,28)/b16-12+/t17-,18+/m0/s1. The summed E-state index contributed by atoms with van der Waals surface area (Å²) in [5.74, 6) is -0.420. The molecular weight excluding hydrogens is 372 g/mol. The summed E-state index contributed by atoms with van der Waals surface area (Å²) in [7, 11) is 1.66. The molecule has 0 bridgehead atoms. The van der Waals surface area contributed by atoms with Crippen LogP contribution in [0.5, 0.6) is 0 Å². The van der Waals surface area contributed by atoms with Gasteiger partial charge in [-0.2, -0.15) is 0 Å². The lowest BCUT2D eigenvalue weighted by Crippen LogP contribution is -2.47. The van der Waals surface area contributed by atoms with E-state index in [1.54, 1.807) is 24.9 Å². The van der Waals surface area contributed by atoms with Gasteiger partial charge in [0.1, 0.15) is 6.04 Å². The lowest BCUT2D eigenvalue weighted by molar-refractivity contribution is -0.135. The molecule has 2 N–H and O–H groups in total. The molecule has 1 fully saturated rings. The molecule has 0 aromatic rings. The number of likely N-dealkylation sites (N-methyl/N-ethyl adjacent to an activating group) is 1. The Labute approximate surface area is 174 Å². The Morgan fingerprint density at radius 1 is 1.28 bits per heavy atom. The highest BCUT2D eigenvalue weighted by atomic mass is 16.2. The minimum absolute atomic E-state index is 0.0784. The Morgan fingerprint density at radius 2 is 1.97 bits per heavy atom. The van der Waals surface area contributed by atoms with Crippen LogP contribution >= 0.6 is 0 Å². The van der Waals surface area contributed by atoms with Gasteiger partial charge in [-0.15, -0.1) is 0 Å². The van der Waals surface area contributed by atoms with Gasteiger partial charge in [0.2, 0.25) is 24.1 Å². The van der Waals surface area contributed by atoms with Gasteiger partial charge in [0, 0.05) is 25.7 Å². The van der Waals surface area contributed by atoms with Crippen LogP contribution in [0.25, 0.3) is 0 Å². The number of rotatable bonds is 11. The Hall–Kier alpha value is -2.38. The van der Waals surface area contributed by atoms with Crippen LogP contribution in [-0.4, -0.2) is 72.7 Å². The third kappa shape index (κ3) is 7.18. The fourth-order valence-electron chi connectivity index (χ4n) is 3.51. The average molecular weight is 409 g/mol. The largest absolute Gasteiger partial charge is 0.354 e. The van der Waals surface area contributed by atoms with Crippen LogP contribution in [0.15, 0.2) is 11.6 Å². The summed E-state index contributed by atoms with van der Waals surface area (Å²) in [6.45, 7) is 8.82. The molecule has 2 atom stereocenters. The molecule has 0 aliphatic carbocycles. The number of unbranched alkanes of at least 4 members (excludes halogenated alkanes) is 1. The van der Waals surface area contributed by atoms with Crippen molar-refractivity contribution < 1.29 is 19.2 Å². The van der Waals surface area contributed by atoms with E-state index in [1.807, 2.05) is 13.8 Å². The Morgan fingerprint density at radius 3 is 2.55 bits per heavy atom. The third-order valence-corrected chi connectivity index (χ3v) is 5.26. The van der Waals surface area contributed by atoms with Gasteiger partial charge in [0.15, 0.2) is 0 Å². The molecule has 8 nitrogen and oxygen atoms in total. The summed E-state index contributed by atoms with van der Waals surface area (Å²) in [5, 5.41) is 5.29. The van der Waals surface area contributed by atoms with Gasteiger partial charge in [0.25, 0.3) is 0 Å². The van der Waals surface area contributed by atoms with E-state index in [0.717, 1.165) is 19.3 Å². The van der Waals surface area contributed by atoms with Crippen LogP contribution in [0.4, 0.5) is 0 Å². The molecule has 1 aliphatic heterocycles. The van der Waals surface area contributed by atoms with Crippen LogP contribution in [-0.2, 0) is 19.2 Å². The van der Waals surface area contributed by atoms with E-state index in [4.69, 9.17) is 0 Å². The van der Waals surface area contributed by atoms with Gasteiger partial charge in [-0.3, -0.25) is 19.2 Å². The average Bonchev–Trinajstić information content (AvgIpc) is 3.18. The molecule has 164 valence electrons. The van der Waals surface area contributed by atoms with Gasteiger partial charge in [-0.1, -0.05) is 33.3 Å². The molecule has 4 amide bonds. The number of likely N-dealkylation sites (tertiary alicyclic amines) is 1. The van der Waals surface area contributed by atoms with Crippen molar-refractivity contribution in [1.82, 2.24) is 20.4 Å². The number of nitrogens with one attached hydrogen (secondary N) is 2. The van der Waals surface area contributed by atoms with Crippen molar-refractivity contribution in [2.75, 3.05) is 26.7 Å². The number of nitrogens with zero attached hydrogens (tertiary/aromatic N) is 2. The summed E-state index contributed by atoms with van der Waals surface area (Å²) in [6, 6.07) is -0.726. The minimum Gasteiger partial charge on any atom is -0.354 e. The summed E-state index contributed by atoms with van der Waals surface area (Å²) in [5.41, 5.74) is 0.514.